The zero-order valence-corrected chi connectivity index (χ0v) is 15.2. The molecule has 1 aliphatic rings. The Balaban J connectivity index is 1.93. The van der Waals surface area contributed by atoms with Gasteiger partial charge in [0.1, 0.15) is 11.9 Å². The molecule has 1 fully saturated rings. The Bertz CT molecular complexity index is 901. The maximum Gasteiger partial charge on any atom is 0.332 e. The standard InChI is InChI=1S/C17H21N5O2S/c1-20-15(12(10-18)16(23)21(2)17(20)24)19-11-13(14-6-5-9-25-14)22-7-3-4-8-22/h5-6,9,13,19H,3-4,7-8,11H2,1-2H3. The first-order valence-corrected chi connectivity index (χ1v) is 9.14. The van der Waals surface area contributed by atoms with Gasteiger partial charge in [-0.2, -0.15) is 5.26 Å². The van der Waals surface area contributed by atoms with E-state index in [4.69, 9.17) is 0 Å². The molecule has 132 valence electrons. The van der Waals surface area contributed by atoms with E-state index < -0.39 is 11.2 Å². The van der Waals surface area contributed by atoms with Crippen molar-refractivity contribution < 1.29 is 0 Å². The number of hydrogen-bond donors (Lipinski definition) is 1. The SMILES string of the molecule is Cn1c(NCC(c2cccs2)N2CCCC2)c(C#N)c(=O)n(C)c1=O. The third kappa shape index (κ3) is 3.25. The minimum Gasteiger partial charge on any atom is -0.368 e. The van der Waals surface area contributed by atoms with Gasteiger partial charge in [-0.15, -0.1) is 11.3 Å². The van der Waals surface area contributed by atoms with Crippen molar-refractivity contribution in [3.8, 4) is 6.07 Å². The summed E-state index contributed by atoms with van der Waals surface area (Å²) in [5.74, 6) is 0.288. The molecule has 0 amide bonds. The van der Waals surface area contributed by atoms with Crippen LogP contribution in [0.1, 0.15) is 29.3 Å². The lowest BCUT2D eigenvalue weighted by Crippen LogP contribution is -2.40. The maximum atomic E-state index is 12.2. The lowest BCUT2D eigenvalue weighted by Gasteiger charge is -2.27. The van der Waals surface area contributed by atoms with Crippen LogP contribution in [0.4, 0.5) is 5.82 Å². The van der Waals surface area contributed by atoms with Gasteiger partial charge in [0.05, 0.1) is 6.04 Å². The molecule has 1 atom stereocenters. The number of nitriles is 1. The average molecular weight is 359 g/mol. The van der Waals surface area contributed by atoms with Crippen molar-refractivity contribution in [3.63, 3.8) is 0 Å². The third-order valence-electron chi connectivity index (χ3n) is 4.69. The van der Waals surface area contributed by atoms with E-state index in [1.165, 1.54) is 29.3 Å². The summed E-state index contributed by atoms with van der Waals surface area (Å²) < 4.78 is 2.29. The lowest BCUT2D eigenvalue weighted by atomic mass is 10.2. The quantitative estimate of drug-likeness (QED) is 0.869. The van der Waals surface area contributed by atoms with E-state index in [9.17, 15) is 14.9 Å². The largest absolute Gasteiger partial charge is 0.368 e. The number of nitrogens with zero attached hydrogens (tertiary/aromatic N) is 4. The molecule has 1 aliphatic heterocycles. The number of thiophene rings is 1. The van der Waals surface area contributed by atoms with Gasteiger partial charge in [0.25, 0.3) is 5.56 Å². The highest BCUT2D eigenvalue weighted by molar-refractivity contribution is 7.10. The van der Waals surface area contributed by atoms with Gasteiger partial charge >= 0.3 is 5.69 Å². The van der Waals surface area contributed by atoms with Crippen molar-refractivity contribution in [1.82, 2.24) is 14.0 Å². The van der Waals surface area contributed by atoms with Crippen LogP contribution in [-0.2, 0) is 14.1 Å². The van der Waals surface area contributed by atoms with Crippen molar-refractivity contribution in [3.05, 3.63) is 48.8 Å². The van der Waals surface area contributed by atoms with Crippen molar-refractivity contribution in [2.75, 3.05) is 25.0 Å². The highest BCUT2D eigenvalue weighted by Gasteiger charge is 2.25. The Morgan fingerprint density at radius 2 is 2.00 bits per heavy atom. The van der Waals surface area contributed by atoms with Crippen molar-refractivity contribution in [2.24, 2.45) is 14.1 Å². The minimum absolute atomic E-state index is 0.0315. The van der Waals surface area contributed by atoms with E-state index in [1.54, 1.807) is 18.4 Å². The minimum atomic E-state index is -0.568. The molecule has 2 aromatic rings. The molecule has 8 heteroatoms. The molecule has 3 rings (SSSR count). The Hall–Kier alpha value is -2.37. The van der Waals surface area contributed by atoms with Crippen LogP contribution in [0, 0.1) is 11.3 Å². The fourth-order valence-electron chi connectivity index (χ4n) is 3.29. The number of hydrogen-bond acceptors (Lipinski definition) is 6. The van der Waals surface area contributed by atoms with Gasteiger partial charge in [0.2, 0.25) is 0 Å². The normalized spacial score (nSPS) is 15.9. The summed E-state index contributed by atoms with van der Waals surface area (Å²) in [4.78, 5) is 28.0. The monoisotopic (exact) mass is 359 g/mol. The first-order valence-electron chi connectivity index (χ1n) is 8.26. The summed E-state index contributed by atoms with van der Waals surface area (Å²) >= 11 is 1.69. The van der Waals surface area contributed by atoms with Crippen LogP contribution in [0.2, 0.25) is 0 Å². The number of likely N-dealkylation sites (tertiary alicyclic amines) is 1. The lowest BCUT2D eigenvalue weighted by molar-refractivity contribution is 0.259. The van der Waals surface area contributed by atoms with E-state index in [0.717, 1.165) is 17.7 Å². The maximum absolute atomic E-state index is 12.2. The Morgan fingerprint density at radius 1 is 1.28 bits per heavy atom. The molecular weight excluding hydrogens is 338 g/mol. The topological polar surface area (TPSA) is 83.1 Å². The Labute approximate surface area is 149 Å². The molecule has 7 nitrogen and oxygen atoms in total. The first kappa shape index (κ1) is 17.5. The molecular formula is C17H21N5O2S. The van der Waals surface area contributed by atoms with E-state index in [2.05, 4.69) is 16.3 Å². The molecule has 0 radical (unpaired) electrons. The summed E-state index contributed by atoms with van der Waals surface area (Å²) in [6, 6.07) is 6.22. The zero-order valence-electron chi connectivity index (χ0n) is 14.4. The summed E-state index contributed by atoms with van der Waals surface area (Å²) in [5.41, 5.74) is -1.04. The van der Waals surface area contributed by atoms with E-state index in [0.29, 0.717) is 6.54 Å². The van der Waals surface area contributed by atoms with Crippen molar-refractivity contribution >= 4 is 17.2 Å². The molecule has 0 saturated carbocycles. The number of rotatable bonds is 5. The van der Waals surface area contributed by atoms with Crippen LogP contribution >= 0.6 is 11.3 Å². The van der Waals surface area contributed by atoms with Crippen molar-refractivity contribution in [1.29, 1.82) is 5.26 Å². The summed E-state index contributed by atoms with van der Waals surface area (Å²) in [6.45, 7) is 2.60. The summed E-state index contributed by atoms with van der Waals surface area (Å²) in [5, 5.41) is 14.6. The second-order valence-electron chi connectivity index (χ2n) is 6.20. The van der Waals surface area contributed by atoms with Crippen LogP contribution in [0.25, 0.3) is 0 Å². The van der Waals surface area contributed by atoms with Crippen LogP contribution in [0.5, 0.6) is 0 Å². The van der Waals surface area contributed by atoms with Gasteiger partial charge in [-0.1, -0.05) is 6.07 Å². The molecule has 0 aliphatic carbocycles. The zero-order chi connectivity index (χ0) is 18.0. The van der Waals surface area contributed by atoms with Crippen LogP contribution in [-0.4, -0.2) is 33.7 Å². The molecule has 1 unspecified atom stereocenters. The number of anilines is 1. The molecule has 0 spiro atoms. The molecule has 0 aromatic carbocycles. The Morgan fingerprint density at radius 3 is 2.60 bits per heavy atom. The van der Waals surface area contributed by atoms with Crippen LogP contribution in [0.15, 0.2) is 27.1 Å². The average Bonchev–Trinajstić information content (AvgIpc) is 3.32. The van der Waals surface area contributed by atoms with Gasteiger partial charge in [-0.05, 0) is 37.4 Å². The molecule has 1 saturated heterocycles. The summed E-state index contributed by atoms with van der Waals surface area (Å²) in [6.07, 6.45) is 2.35. The Kier molecular flexibility index (Phi) is 5.06. The highest BCUT2D eigenvalue weighted by Crippen LogP contribution is 2.28. The van der Waals surface area contributed by atoms with Gasteiger partial charge in [0.15, 0.2) is 5.56 Å². The van der Waals surface area contributed by atoms with Crippen LogP contribution < -0.4 is 16.6 Å². The van der Waals surface area contributed by atoms with Gasteiger partial charge < -0.3 is 5.32 Å². The second-order valence-corrected chi connectivity index (χ2v) is 7.18. The molecule has 1 N–H and O–H groups in total. The van der Waals surface area contributed by atoms with Crippen molar-refractivity contribution in [2.45, 2.75) is 18.9 Å². The smallest absolute Gasteiger partial charge is 0.332 e. The molecule has 0 bridgehead atoms. The van der Waals surface area contributed by atoms with E-state index in [-0.39, 0.29) is 17.4 Å². The second kappa shape index (κ2) is 7.25. The number of aromatic nitrogens is 2. The molecule has 25 heavy (non-hydrogen) atoms. The third-order valence-corrected chi connectivity index (χ3v) is 5.67. The fraction of sp³-hybridized carbons (Fsp3) is 0.471. The predicted molar refractivity (Wildman–Crippen MR) is 98.0 cm³/mol. The predicted octanol–water partition coefficient (Wildman–Crippen LogP) is 1.27. The van der Waals surface area contributed by atoms with Crippen LogP contribution in [0.3, 0.4) is 0 Å². The summed E-state index contributed by atoms with van der Waals surface area (Å²) in [7, 11) is 2.95. The van der Waals surface area contributed by atoms with E-state index >= 15 is 0 Å². The van der Waals surface area contributed by atoms with E-state index in [1.807, 2.05) is 17.5 Å². The van der Waals surface area contributed by atoms with Gasteiger partial charge in [-0.3, -0.25) is 18.8 Å². The highest BCUT2D eigenvalue weighted by atomic mass is 32.1. The molecule has 2 aromatic heterocycles. The molecule has 3 heterocycles. The fourth-order valence-corrected chi connectivity index (χ4v) is 4.15. The van der Waals surface area contributed by atoms with Gasteiger partial charge in [0, 0.05) is 25.5 Å². The number of nitrogens with one attached hydrogen (secondary N) is 1. The first-order chi connectivity index (χ1) is 12.0. The van der Waals surface area contributed by atoms with Gasteiger partial charge in [-0.25, -0.2) is 4.79 Å².